The quantitative estimate of drug-likeness (QED) is 0.602. The largest absolute Gasteiger partial charge is 0.373 e. The number of Topliss-reactive ketones (excluding diaryl/α,β-unsaturated/α-hetero) is 1. The van der Waals surface area contributed by atoms with Crippen LogP contribution in [0, 0.1) is 17.4 Å². The summed E-state index contributed by atoms with van der Waals surface area (Å²) < 4.78 is 6.00. The molecule has 92 valence electrons. The van der Waals surface area contributed by atoms with Gasteiger partial charge in [-0.25, -0.2) is 4.85 Å². The fraction of sp³-hybridized carbons (Fsp3) is 0.714. The topological polar surface area (TPSA) is 30.7 Å². The van der Waals surface area contributed by atoms with Gasteiger partial charge in [-0.05, 0) is 19.8 Å². The molecule has 1 saturated heterocycles. The average molecular weight is 233 g/mol. The van der Waals surface area contributed by atoms with Crippen LogP contribution in [0.25, 0.3) is 4.85 Å². The van der Waals surface area contributed by atoms with Gasteiger partial charge in [-0.15, -0.1) is 0 Å². The summed E-state index contributed by atoms with van der Waals surface area (Å²) in [7, 11) is 0. The van der Waals surface area contributed by atoms with Gasteiger partial charge in [0.05, 0.1) is 18.8 Å². The summed E-state index contributed by atoms with van der Waals surface area (Å²) in [5, 5.41) is 0. The van der Waals surface area contributed by atoms with Gasteiger partial charge in [-0.1, -0.05) is 26.8 Å². The lowest BCUT2D eigenvalue weighted by molar-refractivity contribution is -0.167. The van der Waals surface area contributed by atoms with Crippen LogP contribution in [0.5, 0.6) is 0 Å². The number of hydrogen-bond donors (Lipinski definition) is 0. The van der Waals surface area contributed by atoms with E-state index in [9.17, 15) is 4.79 Å². The van der Waals surface area contributed by atoms with Crippen LogP contribution in [0.2, 0.25) is 0 Å². The number of fused-ring (bicyclic) bond motifs is 1. The van der Waals surface area contributed by atoms with E-state index in [0.717, 1.165) is 12.8 Å². The minimum Gasteiger partial charge on any atom is -0.373 e. The van der Waals surface area contributed by atoms with Crippen LogP contribution in [0.15, 0.2) is 11.8 Å². The highest BCUT2D eigenvalue weighted by Gasteiger charge is 2.54. The standard InChI is InChI=1S/C14H19NO2/c1-9-6-7-14(4)8-10(15-5)11(16)13(2,3)12(14)17-9/h8-9,12H,6-7H2,1-4H3/t9-,12+,14+/m0/s1. The first kappa shape index (κ1) is 12.3. The predicted octanol–water partition coefficient (Wildman–Crippen LogP) is 2.97. The molecule has 17 heavy (non-hydrogen) atoms. The molecule has 0 aromatic carbocycles. The highest BCUT2D eigenvalue weighted by atomic mass is 16.5. The van der Waals surface area contributed by atoms with Crippen molar-refractivity contribution in [1.82, 2.24) is 0 Å². The van der Waals surface area contributed by atoms with Gasteiger partial charge in [0.2, 0.25) is 5.70 Å². The number of carbonyl (C=O) groups excluding carboxylic acids is 1. The van der Waals surface area contributed by atoms with Crippen LogP contribution in [-0.4, -0.2) is 18.0 Å². The molecular formula is C14H19NO2. The van der Waals surface area contributed by atoms with Crippen LogP contribution >= 0.6 is 0 Å². The lowest BCUT2D eigenvalue weighted by Crippen LogP contribution is -2.55. The van der Waals surface area contributed by atoms with Crippen LogP contribution in [0.1, 0.15) is 40.5 Å². The summed E-state index contributed by atoms with van der Waals surface area (Å²) in [4.78, 5) is 15.6. The number of carbonyl (C=O) groups is 1. The zero-order valence-electron chi connectivity index (χ0n) is 10.9. The second-order valence-electron chi connectivity index (χ2n) is 6.06. The number of rotatable bonds is 0. The minimum atomic E-state index is -0.599. The molecule has 0 aromatic heterocycles. The molecule has 1 heterocycles. The molecule has 3 nitrogen and oxygen atoms in total. The molecule has 0 amide bonds. The molecule has 1 fully saturated rings. The van der Waals surface area contributed by atoms with E-state index in [1.54, 1.807) is 0 Å². The van der Waals surface area contributed by atoms with Crippen molar-refractivity contribution in [3.63, 3.8) is 0 Å². The van der Waals surface area contributed by atoms with Crippen molar-refractivity contribution in [2.45, 2.75) is 52.7 Å². The normalized spacial score (nSPS) is 40.2. The molecule has 2 aliphatic rings. The van der Waals surface area contributed by atoms with E-state index in [2.05, 4.69) is 11.8 Å². The Balaban J connectivity index is 2.51. The molecule has 1 aliphatic heterocycles. The third-order valence-electron chi connectivity index (χ3n) is 4.12. The van der Waals surface area contributed by atoms with Crippen molar-refractivity contribution < 1.29 is 9.53 Å². The molecule has 0 unspecified atom stereocenters. The average Bonchev–Trinajstić information content (AvgIpc) is 2.27. The zero-order chi connectivity index (χ0) is 12.8. The Morgan fingerprint density at radius 2 is 2.12 bits per heavy atom. The summed E-state index contributed by atoms with van der Waals surface area (Å²) in [5.74, 6) is -0.0796. The number of nitrogens with zero attached hydrogens (tertiary/aromatic N) is 1. The highest BCUT2D eigenvalue weighted by Crippen LogP contribution is 2.50. The molecule has 0 aromatic rings. The molecule has 2 rings (SSSR count). The van der Waals surface area contributed by atoms with E-state index in [-0.39, 0.29) is 29.1 Å². The Hall–Kier alpha value is -1.14. The van der Waals surface area contributed by atoms with Gasteiger partial charge in [0.25, 0.3) is 0 Å². The zero-order valence-corrected chi connectivity index (χ0v) is 10.9. The Bertz CT molecular complexity index is 430. The lowest BCUT2D eigenvalue weighted by Gasteiger charge is -2.51. The van der Waals surface area contributed by atoms with Crippen molar-refractivity contribution >= 4 is 5.78 Å². The fourth-order valence-corrected chi connectivity index (χ4v) is 3.15. The van der Waals surface area contributed by atoms with Crippen molar-refractivity contribution in [2.75, 3.05) is 0 Å². The van der Waals surface area contributed by atoms with Crippen LogP contribution in [0.4, 0.5) is 0 Å². The number of ketones is 1. The second-order valence-corrected chi connectivity index (χ2v) is 6.06. The number of hydrogen-bond acceptors (Lipinski definition) is 2. The molecule has 0 saturated carbocycles. The molecule has 3 heteroatoms. The second kappa shape index (κ2) is 3.68. The van der Waals surface area contributed by atoms with Gasteiger partial charge in [-0.2, -0.15) is 0 Å². The lowest BCUT2D eigenvalue weighted by atomic mass is 9.61. The molecular weight excluding hydrogens is 214 g/mol. The Kier molecular flexibility index (Phi) is 2.67. The molecule has 3 atom stereocenters. The smallest absolute Gasteiger partial charge is 0.226 e. The third kappa shape index (κ3) is 1.71. The number of allylic oxidation sites excluding steroid dienone is 1. The predicted molar refractivity (Wildman–Crippen MR) is 65.1 cm³/mol. The summed E-state index contributed by atoms with van der Waals surface area (Å²) in [5.41, 5.74) is -0.492. The van der Waals surface area contributed by atoms with Crippen molar-refractivity contribution in [3.8, 4) is 0 Å². The van der Waals surface area contributed by atoms with Crippen molar-refractivity contribution in [2.24, 2.45) is 10.8 Å². The Morgan fingerprint density at radius 3 is 2.71 bits per heavy atom. The van der Waals surface area contributed by atoms with Gasteiger partial charge in [0.1, 0.15) is 0 Å². The first-order valence-corrected chi connectivity index (χ1v) is 6.12. The maximum absolute atomic E-state index is 12.2. The van der Waals surface area contributed by atoms with Gasteiger partial charge < -0.3 is 9.53 Å². The van der Waals surface area contributed by atoms with E-state index in [1.165, 1.54) is 0 Å². The molecule has 0 spiro atoms. The highest BCUT2D eigenvalue weighted by molar-refractivity contribution is 6.02. The minimum absolute atomic E-state index is 0.0796. The van der Waals surface area contributed by atoms with Gasteiger partial charge in [0, 0.05) is 10.8 Å². The number of ether oxygens (including phenoxy) is 1. The van der Waals surface area contributed by atoms with Crippen LogP contribution < -0.4 is 0 Å². The Morgan fingerprint density at radius 1 is 1.47 bits per heavy atom. The molecule has 0 N–H and O–H groups in total. The fourth-order valence-electron chi connectivity index (χ4n) is 3.15. The SMILES string of the molecule is [C-]#[N+]C1=C[C@@]2(C)CC[C@H](C)O[C@@H]2C(C)(C)C1=O. The molecule has 0 radical (unpaired) electrons. The molecule has 0 bridgehead atoms. The summed E-state index contributed by atoms with van der Waals surface area (Å²) >= 11 is 0. The van der Waals surface area contributed by atoms with Gasteiger partial charge in [-0.3, -0.25) is 0 Å². The van der Waals surface area contributed by atoms with E-state index in [4.69, 9.17) is 11.3 Å². The van der Waals surface area contributed by atoms with Crippen molar-refractivity contribution in [3.05, 3.63) is 23.2 Å². The first-order valence-electron chi connectivity index (χ1n) is 6.12. The monoisotopic (exact) mass is 233 g/mol. The summed E-state index contributed by atoms with van der Waals surface area (Å²) in [6.07, 6.45) is 3.89. The van der Waals surface area contributed by atoms with E-state index in [0.29, 0.717) is 0 Å². The van der Waals surface area contributed by atoms with Gasteiger partial charge in [0.15, 0.2) is 5.78 Å². The maximum atomic E-state index is 12.2. The summed E-state index contributed by atoms with van der Waals surface area (Å²) in [6.45, 7) is 15.1. The van der Waals surface area contributed by atoms with Crippen LogP contribution in [-0.2, 0) is 9.53 Å². The molecule has 1 aliphatic carbocycles. The summed E-state index contributed by atoms with van der Waals surface area (Å²) in [6, 6.07) is 0. The van der Waals surface area contributed by atoms with E-state index < -0.39 is 5.41 Å². The Labute approximate surface area is 103 Å². The van der Waals surface area contributed by atoms with E-state index in [1.807, 2.05) is 26.8 Å². The maximum Gasteiger partial charge on any atom is 0.226 e. The van der Waals surface area contributed by atoms with Crippen LogP contribution in [0.3, 0.4) is 0 Å². The van der Waals surface area contributed by atoms with E-state index >= 15 is 0 Å². The third-order valence-corrected chi connectivity index (χ3v) is 4.12. The first-order chi connectivity index (χ1) is 7.81. The van der Waals surface area contributed by atoms with Crippen molar-refractivity contribution in [1.29, 1.82) is 0 Å². The van der Waals surface area contributed by atoms with Gasteiger partial charge >= 0.3 is 0 Å².